The molecule has 0 unspecified atom stereocenters. The van der Waals surface area contributed by atoms with Crippen LogP contribution in [0.15, 0.2) is 37.9 Å². The number of hydrazone groups is 1. The van der Waals surface area contributed by atoms with E-state index in [1.54, 1.807) is 18.2 Å². The second-order valence-corrected chi connectivity index (χ2v) is 5.67. The zero-order valence-corrected chi connectivity index (χ0v) is 14.9. The van der Waals surface area contributed by atoms with Crippen LogP contribution in [-0.4, -0.2) is 46.8 Å². The molecule has 0 bridgehead atoms. The van der Waals surface area contributed by atoms with Crippen LogP contribution in [0.5, 0.6) is 11.5 Å². The van der Waals surface area contributed by atoms with Gasteiger partial charge in [0.25, 0.3) is 5.56 Å². The van der Waals surface area contributed by atoms with Gasteiger partial charge in [0.1, 0.15) is 0 Å². The van der Waals surface area contributed by atoms with Gasteiger partial charge in [-0.2, -0.15) is 10.2 Å². The average molecular weight is 379 g/mol. The van der Waals surface area contributed by atoms with E-state index in [4.69, 9.17) is 9.47 Å². The number of ether oxygens (including phenoxy) is 2. The van der Waals surface area contributed by atoms with Crippen molar-refractivity contribution >= 4 is 23.9 Å². The number of aromatic amines is 2. The molecule has 2 rings (SSSR count). The zero-order chi connectivity index (χ0) is 18.9. The van der Waals surface area contributed by atoms with Gasteiger partial charge in [0.05, 0.1) is 25.7 Å². The number of methoxy groups -OCH3 is 1. The number of H-pyrrole nitrogens is 2. The number of benzene rings is 1. The highest BCUT2D eigenvalue weighted by Gasteiger charge is 2.09. The maximum absolute atomic E-state index is 11.8. The Morgan fingerprint density at radius 2 is 2.23 bits per heavy atom. The van der Waals surface area contributed by atoms with Gasteiger partial charge in [-0.3, -0.25) is 14.6 Å². The first-order valence-corrected chi connectivity index (χ1v) is 8.47. The Balaban J connectivity index is 1.95. The molecule has 3 N–H and O–H groups in total. The van der Waals surface area contributed by atoms with Gasteiger partial charge >= 0.3 is 5.69 Å². The summed E-state index contributed by atoms with van der Waals surface area (Å²) >= 11 is 0.871. The van der Waals surface area contributed by atoms with E-state index in [-0.39, 0.29) is 10.8 Å². The summed E-state index contributed by atoms with van der Waals surface area (Å²) in [5.41, 5.74) is 1.59. The first kappa shape index (κ1) is 19.2. The van der Waals surface area contributed by atoms with Crippen LogP contribution in [0.3, 0.4) is 0 Å². The van der Waals surface area contributed by atoms with Crippen LogP contribution < -0.4 is 26.1 Å². The normalized spacial score (nSPS) is 10.7. The maximum Gasteiger partial charge on any atom is 0.342 e. The molecule has 1 heterocycles. The van der Waals surface area contributed by atoms with Gasteiger partial charge in [0.2, 0.25) is 5.91 Å². The van der Waals surface area contributed by atoms with Crippen LogP contribution in [0.25, 0.3) is 0 Å². The third kappa shape index (κ3) is 5.21. The summed E-state index contributed by atoms with van der Waals surface area (Å²) in [4.78, 5) is 36.1. The van der Waals surface area contributed by atoms with E-state index in [0.717, 1.165) is 11.8 Å². The lowest BCUT2D eigenvalue weighted by atomic mass is 10.2. The quantitative estimate of drug-likeness (QED) is 0.336. The number of para-hydroxylation sites is 1. The number of hydrogen-bond acceptors (Lipinski definition) is 8. The number of hydrogen-bond donors (Lipinski definition) is 3. The van der Waals surface area contributed by atoms with Crippen LogP contribution in [0.1, 0.15) is 12.5 Å². The predicted octanol–water partition coefficient (Wildman–Crippen LogP) is 0.108. The lowest BCUT2D eigenvalue weighted by Gasteiger charge is -2.11. The topological polar surface area (TPSA) is 139 Å². The number of nitrogens with zero attached hydrogens (tertiary/aromatic N) is 2. The number of amides is 1. The molecule has 0 spiro atoms. The van der Waals surface area contributed by atoms with Crippen molar-refractivity contribution in [1.29, 1.82) is 0 Å². The fourth-order valence-corrected chi connectivity index (χ4v) is 2.52. The Labute approximate surface area is 152 Å². The molecule has 0 aliphatic carbocycles. The van der Waals surface area contributed by atoms with Gasteiger partial charge in [-0.25, -0.2) is 15.3 Å². The number of thioether (sulfide) groups is 1. The molecule has 1 amide bonds. The van der Waals surface area contributed by atoms with Crippen LogP contribution in [0.4, 0.5) is 0 Å². The lowest BCUT2D eigenvalue weighted by Crippen LogP contribution is -2.26. The van der Waals surface area contributed by atoms with Gasteiger partial charge in [0, 0.05) is 5.56 Å². The molecule has 0 fully saturated rings. The van der Waals surface area contributed by atoms with E-state index in [0.29, 0.717) is 23.7 Å². The van der Waals surface area contributed by atoms with Crippen LogP contribution in [0, 0.1) is 0 Å². The minimum Gasteiger partial charge on any atom is -0.492 e. The highest BCUT2D eigenvalue weighted by atomic mass is 32.2. The van der Waals surface area contributed by atoms with Crippen molar-refractivity contribution in [2.24, 2.45) is 5.10 Å². The molecule has 138 valence electrons. The van der Waals surface area contributed by atoms with Crippen LogP contribution >= 0.6 is 11.8 Å². The first-order valence-electron chi connectivity index (χ1n) is 7.48. The number of nitrogens with one attached hydrogen (secondary N) is 3. The third-order valence-corrected chi connectivity index (χ3v) is 3.88. The highest BCUT2D eigenvalue weighted by molar-refractivity contribution is 7.99. The summed E-state index contributed by atoms with van der Waals surface area (Å²) in [5, 5.41) is 9.49. The fraction of sp³-hybridized carbons (Fsp3) is 0.267. The molecule has 26 heavy (non-hydrogen) atoms. The molecule has 0 radical (unpaired) electrons. The molecule has 10 nitrogen and oxygen atoms in total. The largest absolute Gasteiger partial charge is 0.492 e. The maximum atomic E-state index is 11.8. The smallest absolute Gasteiger partial charge is 0.342 e. The zero-order valence-electron chi connectivity index (χ0n) is 14.1. The van der Waals surface area contributed by atoms with Crippen molar-refractivity contribution in [3.63, 3.8) is 0 Å². The molecular weight excluding hydrogens is 362 g/mol. The molecule has 2 aromatic rings. The lowest BCUT2D eigenvalue weighted by molar-refractivity contribution is -0.118. The van der Waals surface area contributed by atoms with E-state index in [1.807, 2.05) is 11.9 Å². The second-order valence-electron chi connectivity index (χ2n) is 4.71. The summed E-state index contributed by atoms with van der Waals surface area (Å²) in [6.45, 7) is 2.35. The summed E-state index contributed by atoms with van der Waals surface area (Å²) in [5.74, 6) is 0.531. The van der Waals surface area contributed by atoms with E-state index in [1.165, 1.54) is 13.3 Å². The Morgan fingerprint density at radius 1 is 1.42 bits per heavy atom. The molecule has 0 saturated carbocycles. The van der Waals surface area contributed by atoms with Crippen molar-refractivity contribution in [3.05, 3.63) is 44.6 Å². The van der Waals surface area contributed by atoms with E-state index in [9.17, 15) is 14.4 Å². The van der Waals surface area contributed by atoms with Crippen molar-refractivity contribution in [3.8, 4) is 11.5 Å². The SMILES string of the molecule is CCOc1cccc(/C=N/NC(=O)CSc2n[nH]c(=O)[nH]c2=O)c1OC. The molecule has 11 heteroatoms. The van der Waals surface area contributed by atoms with Gasteiger partial charge < -0.3 is 9.47 Å². The second kappa shape index (κ2) is 9.42. The Morgan fingerprint density at radius 3 is 2.92 bits per heavy atom. The highest BCUT2D eigenvalue weighted by Crippen LogP contribution is 2.29. The molecular formula is C15H17N5O5S. The number of carbonyl (C=O) groups is 1. The van der Waals surface area contributed by atoms with Crippen molar-refractivity contribution in [1.82, 2.24) is 20.6 Å². The monoisotopic (exact) mass is 379 g/mol. The van der Waals surface area contributed by atoms with Gasteiger partial charge in [-0.1, -0.05) is 17.8 Å². The molecule has 1 aromatic heterocycles. The van der Waals surface area contributed by atoms with E-state index >= 15 is 0 Å². The number of carbonyl (C=O) groups excluding carboxylic acids is 1. The van der Waals surface area contributed by atoms with Crippen molar-refractivity contribution in [2.75, 3.05) is 19.5 Å². The van der Waals surface area contributed by atoms with Crippen LogP contribution in [0.2, 0.25) is 0 Å². The molecule has 1 aromatic carbocycles. The Bertz CT molecular complexity index is 908. The fourth-order valence-electron chi connectivity index (χ4n) is 1.90. The Hall–Kier alpha value is -3.08. The van der Waals surface area contributed by atoms with Gasteiger partial charge in [-0.05, 0) is 19.1 Å². The van der Waals surface area contributed by atoms with Crippen LogP contribution in [-0.2, 0) is 4.79 Å². The van der Waals surface area contributed by atoms with Gasteiger partial charge in [0.15, 0.2) is 16.5 Å². The molecule has 0 saturated heterocycles. The van der Waals surface area contributed by atoms with Crippen molar-refractivity contribution < 1.29 is 14.3 Å². The number of aromatic nitrogens is 3. The third-order valence-electron chi connectivity index (χ3n) is 2.93. The van der Waals surface area contributed by atoms with Crippen molar-refractivity contribution in [2.45, 2.75) is 11.9 Å². The summed E-state index contributed by atoms with van der Waals surface area (Å²) < 4.78 is 10.8. The first-order chi connectivity index (χ1) is 12.5. The molecule has 0 aliphatic heterocycles. The molecule has 0 atom stereocenters. The molecule has 0 aliphatic rings. The Kier molecular flexibility index (Phi) is 6.97. The standard InChI is InChI=1S/C15H17N5O5S/c1-3-25-10-6-4-5-9(12(10)24-2)7-16-18-11(21)8-26-14-13(22)17-15(23)20-19-14/h4-7H,3,8H2,1-2H3,(H,18,21)(H2,17,20,22,23)/b16-7+. The summed E-state index contributed by atoms with van der Waals surface area (Å²) in [7, 11) is 1.51. The minimum absolute atomic E-state index is 0.0187. The number of rotatable bonds is 8. The predicted molar refractivity (Wildman–Crippen MR) is 96.1 cm³/mol. The van der Waals surface area contributed by atoms with E-state index < -0.39 is 17.2 Å². The average Bonchev–Trinajstić information content (AvgIpc) is 2.61. The van der Waals surface area contributed by atoms with Gasteiger partial charge in [-0.15, -0.1) is 0 Å². The minimum atomic E-state index is -0.711. The summed E-state index contributed by atoms with van der Waals surface area (Å²) in [6, 6.07) is 5.31. The van der Waals surface area contributed by atoms with E-state index in [2.05, 4.69) is 20.7 Å². The summed E-state index contributed by atoms with van der Waals surface area (Å²) in [6.07, 6.45) is 1.43.